The molecular weight excluding hydrogens is 225 g/mol. The lowest BCUT2D eigenvalue weighted by Gasteiger charge is -2.19. The van der Waals surface area contributed by atoms with Gasteiger partial charge in [0.15, 0.2) is 11.4 Å². The Hall–Kier alpha value is -0.350. The van der Waals surface area contributed by atoms with Gasteiger partial charge >= 0.3 is 0 Å². The predicted molar refractivity (Wildman–Crippen MR) is 48.5 cm³/mol. The highest BCUT2D eigenvalue weighted by Crippen LogP contribution is 2.34. The lowest BCUT2D eigenvalue weighted by molar-refractivity contribution is 0.132. The molecule has 0 radical (unpaired) electrons. The summed E-state index contributed by atoms with van der Waals surface area (Å²) >= 11 is 3.19. The maximum absolute atomic E-state index is 13.8. The molecule has 1 rings (SSSR count). The van der Waals surface area contributed by atoms with E-state index in [0.29, 0.717) is 10.9 Å². The summed E-state index contributed by atoms with van der Waals surface area (Å²) in [6.45, 7) is 1.68. The van der Waals surface area contributed by atoms with Crippen LogP contribution in [0.1, 0.15) is 19.1 Å². The van der Waals surface area contributed by atoms with Crippen LogP contribution in [0.5, 0.6) is 0 Å². The third-order valence-corrected chi connectivity index (χ3v) is 2.53. The summed E-state index contributed by atoms with van der Waals surface area (Å²) in [4.78, 5) is 0. The molecule has 1 unspecified atom stereocenters. The molecule has 68 valence electrons. The van der Waals surface area contributed by atoms with E-state index in [4.69, 9.17) is 10.2 Å². The van der Waals surface area contributed by atoms with E-state index < -0.39 is 5.67 Å². The number of hydrogen-bond acceptors (Lipinski definition) is 2. The van der Waals surface area contributed by atoms with Gasteiger partial charge in [0.25, 0.3) is 0 Å². The van der Waals surface area contributed by atoms with Crippen LogP contribution in [0.2, 0.25) is 0 Å². The Morgan fingerprint density at radius 2 is 2.42 bits per heavy atom. The Labute approximate surface area is 79.1 Å². The Morgan fingerprint density at radius 1 is 1.75 bits per heavy atom. The van der Waals surface area contributed by atoms with Gasteiger partial charge in [-0.05, 0) is 28.4 Å². The quantitative estimate of drug-likeness (QED) is 0.875. The molecule has 12 heavy (non-hydrogen) atoms. The second kappa shape index (κ2) is 3.58. The smallest absolute Gasteiger partial charge is 0.181 e. The minimum atomic E-state index is -1.54. The van der Waals surface area contributed by atoms with Gasteiger partial charge in [0, 0.05) is 6.54 Å². The van der Waals surface area contributed by atoms with Crippen molar-refractivity contribution in [2.45, 2.75) is 19.0 Å². The van der Waals surface area contributed by atoms with Crippen LogP contribution in [0, 0.1) is 0 Å². The van der Waals surface area contributed by atoms with Gasteiger partial charge < -0.3 is 10.2 Å². The standard InChI is InChI=1S/C8H11BrFNO/c1-2-8(10,5-11)7-6(9)3-4-12-7/h3-4H,2,5,11H2,1H3. The van der Waals surface area contributed by atoms with E-state index in [2.05, 4.69) is 15.9 Å². The summed E-state index contributed by atoms with van der Waals surface area (Å²) in [6.07, 6.45) is 1.76. The van der Waals surface area contributed by atoms with Gasteiger partial charge in [-0.3, -0.25) is 0 Å². The normalized spacial score (nSPS) is 16.0. The summed E-state index contributed by atoms with van der Waals surface area (Å²) in [5, 5.41) is 0. The molecule has 0 spiro atoms. The fraction of sp³-hybridized carbons (Fsp3) is 0.500. The largest absolute Gasteiger partial charge is 0.465 e. The van der Waals surface area contributed by atoms with Crippen LogP contribution < -0.4 is 5.73 Å². The molecule has 0 fully saturated rings. The van der Waals surface area contributed by atoms with Crippen molar-refractivity contribution in [3.8, 4) is 0 Å². The van der Waals surface area contributed by atoms with Gasteiger partial charge in [0.1, 0.15) is 0 Å². The number of furan rings is 1. The number of rotatable bonds is 3. The van der Waals surface area contributed by atoms with Crippen molar-refractivity contribution in [2.75, 3.05) is 6.54 Å². The van der Waals surface area contributed by atoms with E-state index in [-0.39, 0.29) is 12.3 Å². The van der Waals surface area contributed by atoms with Crippen LogP contribution in [0.25, 0.3) is 0 Å². The number of hydrogen-bond donors (Lipinski definition) is 1. The monoisotopic (exact) mass is 235 g/mol. The molecule has 1 aromatic heterocycles. The van der Waals surface area contributed by atoms with Crippen molar-refractivity contribution >= 4 is 15.9 Å². The first-order valence-corrected chi connectivity index (χ1v) is 4.56. The molecule has 0 aliphatic heterocycles. The summed E-state index contributed by atoms with van der Waals surface area (Å²) in [6, 6.07) is 1.66. The molecule has 0 amide bonds. The van der Waals surface area contributed by atoms with Gasteiger partial charge in [0.05, 0.1) is 10.7 Å². The van der Waals surface area contributed by atoms with Crippen molar-refractivity contribution in [1.29, 1.82) is 0 Å². The maximum atomic E-state index is 13.8. The van der Waals surface area contributed by atoms with Gasteiger partial charge in [-0.1, -0.05) is 6.92 Å². The zero-order valence-corrected chi connectivity index (χ0v) is 8.40. The predicted octanol–water partition coefficient (Wildman–Crippen LogP) is 2.58. The van der Waals surface area contributed by atoms with Gasteiger partial charge in [-0.2, -0.15) is 0 Å². The molecule has 1 atom stereocenters. The molecule has 0 aromatic carbocycles. The molecule has 4 heteroatoms. The summed E-state index contributed by atoms with van der Waals surface area (Å²) in [5.74, 6) is 0.285. The van der Waals surface area contributed by atoms with E-state index in [1.165, 1.54) is 6.26 Å². The first-order valence-electron chi connectivity index (χ1n) is 3.76. The Balaban J connectivity index is 3.02. The SMILES string of the molecule is CCC(F)(CN)c1occc1Br. The van der Waals surface area contributed by atoms with Crippen molar-refractivity contribution in [3.63, 3.8) is 0 Å². The van der Waals surface area contributed by atoms with Crippen LogP contribution in [0.15, 0.2) is 21.2 Å². The van der Waals surface area contributed by atoms with E-state index in [0.717, 1.165) is 0 Å². The molecular formula is C8H11BrFNO. The Kier molecular flexibility index (Phi) is 2.90. The van der Waals surface area contributed by atoms with Crippen LogP contribution >= 0.6 is 15.9 Å². The Morgan fingerprint density at radius 3 is 2.75 bits per heavy atom. The van der Waals surface area contributed by atoms with Crippen molar-refractivity contribution in [2.24, 2.45) is 5.73 Å². The zero-order chi connectivity index (χ0) is 9.19. The average Bonchev–Trinajstić information content (AvgIpc) is 2.51. The van der Waals surface area contributed by atoms with Crippen LogP contribution in [0.3, 0.4) is 0 Å². The third-order valence-electron chi connectivity index (χ3n) is 1.91. The van der Waals surface area contributed by atoms with Gasteiger partial charge in [-0.25, -0.2) is 4.39 Å². The van der Waals surface area contributed by atoms with Gasteiger partial charge in [0.2, 0.25) is 0 Å². The molecule has 0 bridgehead atoms. The van der Waals surface area contributed by atoms with E-state index >= 15 is 0 Å². The van der Waals surface area contributed by atoms with Crippen molar-refractivity contribution in [3.05, 3.63) is 22.6 Å². The minimum Gasteiger partial charge on any atom is -0.465 e. The van der Waals surface area contributed by atoms with E-state index in [9.17, 15) is 4.39 Å². The fourth-order valence-electron chi connectivity index (χ4n) is 1.01. The average molecular weight is 236 g/mol. The maximum Gasteiger partial charge on any atom is 0.181 e. The molecule has 0 aliphatic carbocycles. The molecule has 2 nitrogen and oxygen atoms in total. The fourth-order valence-corrected chi connectivity index (χ4v) is 1.57. The third kappa shape index (κ3) is 1.54. The minimum absolute atomic E-state index is 0.0599. The van der Waals surface area contributed by atoms with Crippen molar-refractivity contribution < 1.29 is 8.81 Å². The van der Waals surface area contributed by atoms with Crippen molar-refractivity contribution in [1.82, 2.24) is 0 Å². The number of halogens is 2. The Bertz CT molecular complexity index is 257. The van der Waals surface area contributed by atoms with E-state index in [1.807, 2.05) is 0 Å². The molecule has 0 aliphatic rings. The summed E-state index contributed by atoms with van der Waals surface area (Å²) in [5.41, 5.74) is 3.78. The molecule has 0 saturated heterocycles. The zero-order valence-electron chi connectivity index (χ0n) is 6.81. The first kappa shape index (κ1) is 9.74. The lowest BCUT2D eigenvalue weighted by Crippen LogP contribution is -2.29. The molecule has 0 saturated carbocycles. The van der Waals surface area contributed by atoms with Crippen LogP contribution in [0.4, 0.5) is 4.39 Å². The second-order valence-corrected chi connectivity index (χ2v) is 3.47. The number of alkyl halides is 1. The van der Waals surface area contributed by atoms with Crippen LogP contribution in [-0.2, 0) is 5.67 Å². The van der Waals surface area contributed by atoms with Gasteiger partial charge in [-0.15, -0.1) is 0 Å². The topological polar surface area (TPSA) is 39.2 Å². The molecule has 2 N–H and O–H groups in total. The summed E-state index contributed by atoms with van der Waals surface area (Å²) in [7, 11) is 0. The summed E-state index contributed by atoms with van der Waals surface area (Å²) < 4.78 is 19.5. The highest BCUT2D eigenvalue weighted by atomic mass is 79.9. The first-order chi connectivity index (χ1) is 5.64. The lowest BCUT2D eigenvalue weighted by atomic mass is 10.0. The van der Waals surface area contributed by atoms with E-state index in [1.54, 1.807) is 13.0 Å². The second-order valence-electron chi connectivity index (χ2n) is 2.62. The highest BCUT2D eigenvalue weighted by molar-refractivity contribution is 9.10. The van der Waals surface area contributed by atoms with Crippen LogP contribution in [-0.4, -0.2) is 6.54 Å². The molecule has 1 aromatic rings. The number of nitrogens with two attached hydrogens (primary N) is 1. The highest BCUT2D eigenvalue weighted by Gasteiger charge is 2.33. The molecule has 1 heterocycles.